The van der Waals surface area contributed by atoms with Crippen LogP contribution < -0.4 is 10.9 Å². The molecule has 2 amide bonds. The van der Waals surface area contributed by atoms with Gasteiger partial charge >= 0.3 is 0 Å². The predicted octanol–water partition coefficient (Wildman–Crippen LogP) is 2.42. The van der Waals surface area contributed by atoms with Crippen LogP contribution >= 0.6 is 27.3 Å². The Morgan fingerprint density at radius 3 is 2.55 bits per heavy atom. The zero-order chi connectivity index (χ0) is 16.1. The second kappa shape index (κ2) is 7.14. The maximum absolute atomic E-state index is 11.8. The zero-order valence-corrected chi connectivity index (χ0v) is 13.4. The van der Waals surface area contributed by atoms with E-state index in [1.165, 1.54) is 29.5 Å². The van der Waals surface area contributed by atoms with Crippen LogP contribution in [0.15, 0.2) is 40.2 Å². The van der Waals surface area contributed by atoms with Gasteiger partial charge < -0.3 is 0 Å². The fourth-order valence-electron chi connectivity index (χ4n) is 1.68. The highest BCUT2D eigenvalue weighted by molar-refractivity contribution is 9.11. The molecular weight excluding hydrogens is 374 g/mol. The molecule has 2 N–H and O–H groups in total. The first-order chi connectivity index (χ1) is 10.5. The van der Waals surface area contributed by atoms with Crippen molar-refractivity contribution in [2.45, 2.75) is 6.42 Å². The average Bonchev–Trinajstić information content (AvgIpc) is 2.92. The standard InChI is InChI=1S/C13H10BrN3O4S/c14-11-6-5-10(22-11)13(19)16-15-12(18)7-8-3-1-2-4-9(8)17(20)21/h1-6H,7H2,(H,15,18)(H,16,19). The van der Waals surface area contributed by atoms with Crippen LogP contribution in [-0.4, -0.2) is 16.7 Å². The van der Waals surface area contributed by atoms with Gasteiger partial charge in [0.15, 0.2) is 0 Å². The first-order valence-electron chi connectivity index (χ1n) is 6.04. The third-order valence-corrected chi connectivity index (χ3v) is 4.27. The number of hydrazine groups is 1. The molecule has 0 unspecified atom stereocenters. The quantitative estimate of drug-likeness (QED) is 0.625. The third kappa shape index (κ3) is 4.12. The zero-order valence-electron chi connectivity index (χ0n) is 11.0. The van der Waals surface area contributed by atoms with Crippen molar-refractivity contribution in [3.63, 3.8) is 0 Å². The summed E-state index contributed by atoms with van der Waals surface area (Å²) in [7, 11) is 0. The molecule has 7 nitrogen and oxygen atoms in total. The maximum atomic E-state index is 11.8. The molecule has 0 spiro atoms. The molecule has 2 aromatic rings. The van der Waals surface area contributed by atoms with Gasteiger partial charge in [-0.25, -0.2) is 0 Å². The molecule has 22 heavy (non-hydrogen) atoms. The number of hydrogen-bond acceptors (Lipinski definition) is 5. The van der Waals surface area contributed by atoms with Gasteiger partial charge in [-0.3, -0.25) is 30.6 Å². The Hall–Kier alpha value is -2.26. The lowest BCUT2D eigenvalue weighted by molar-refractivity contribution is -0.385. The van der Waals surface area contributed by atoms with Crippen molar-refractivity contribution in [3.05, 3.63) is 60.7 Å². The number of carbonyl (C=O) groups excluding carboxylic acids is 2. The summed E-state index contributed by atoms with van der Waals surface area (Å²) < 4.78 is 0.795. The van der Waals surface area contributed by atoms with Crippen LogP contribution in [0.5, 0.6) is 0 Å². The number of nitrogens with one attached hydrogen (secondary N) is 2. The number of rotatable bonds is 4. The predicted molar refractivity (Wildman–Crippen MR) is 84.4 cm³/mol. The first kappa shape index (κ1) is 16.1. The molecule has 1 aromatic carbocycles. The molecule has 0 radical (unpaired) electrons. The van der Waals surface area contributed by atoms with Crippen LogP contribution in [0.2, 0.25) is 0 Å². The molecule has 0 aliphatic heterocycles. The molecule has 0 saturated heterocycles. The summed E-state index contributed by atoms with van der Waals surface area (Å²) in [6.45, 7) is 0. The van der Waals surface area contributed by atoms with Crippen LogP contribution in [0.25, 0.3) is 0 Å². The van der Waals surface area contributed by atoms with E-state index in [9.17, 15) is 19.7 Å². The van der Waals surface area contributed by atoms with Crippen molar-refractivity contribution in [2.75, 3.05) is 0 Å². The van der Waals surface area contributed by atoms with E-state index >= 15 is 0 Å². The number of nitro benzene ring substituents is 1. The van der Waals surface area contributed by atoms with Crippen molar-refractivity contribution in [3.8, 4) is 0 Å². The van der Waals surface area contributed by atoms with Gasteiger partial charge in [-0.2, -0.15) is 0 Å². The number of benzene rings is 1. The van der Waals surface area contributed by atoms with E-state index in [1.54, 1.807) is 18.2 Å². The third-order valence-electron chi connectivity index (χ3n) is 2.65. The molecule has 2 rings (SSSR count). The van der Waals surface area contributed by atoms with Gasteiger partial charge in [-0.15, -0.1) is 11.3 Å². The summed E-state index contributed by atoms with van der Waals surface area (Å²) >= 11 is 4.46. The van der Waals surface area contributed by atoms with Crippen LogP contribution in [0.4, 0.5) is 5.69 Å². The molecule has 0 bridgehead atoms. The second-order valence-electron chi connectivity index (χ2n) is 4.17. The van der Waals surface area contributed by atoms with Gasteiger partial charge in [0.2, 0.25) is 5.91 Å². The van der Waals surface area contributed by atoms with E-state index in [0.29, 0.717) is 4.88 Å². The molecule has 0 aliphatic carbocycles. The molecular formula is C13H10BrN3O4S. The van der Waals surface area contributed by atoms with E-state index in [1.807, 2.05) is 0 Å². The van der Waals surface area contributed by atoms with Crippen molar-refractivity contribution >= 4 is 44.8 Å². The fraction of sp³-hybridized carbons (Fsp3) is 0.0769. The number of para-hydroxylation sites is 1. The first-order valence-corrected chi connectivity index (χ1v) is 7.65. The molecule has 9 heteroatoms. The Labute approximate surface area is 137 Å². The average molecular weight is 384 g/mol. The van der Waals surface area contributed by atoms with E-state index < -0.39 is 16.7 Å². The Balaban J connectivity index is 1.94. The number of nitro groups is 1. The molecule has 0 fully saturated rings. The SMILES string of the molecule is O=C(Cc1ccccc1[N+](=O)[O-])NNC(=O)c1ccc(Br)s1. The fourth-order valence-corrected chi connectivity index (χ4v) is 2.96. The molecule has 114 valence electrons. The summed E-state index contributed by atoms with van der Waals surface area (Å²) in [6.07, 6.45) is -0.203. The normalized spacial score (nSPS) is 10.0. The highest BCUT2D eigenvalue weighted by Crippen LogP contribution is 2.21. The summed E-state index contributed by atoms with van der Waals surface area (Å²) in [6, 6.07) is 9.28. The Morgan fingerprint density at radius 1 is 1.18 bits per heavy atom. The number of hydrogen-bond donors (Lipinski definition) is 2. The van der Waals surface area contributed by atoms with Crippen molar-refractivity contribution in [2.24, 2.45) is 0 Å². The van der Waals surface area contributed by atoms with Crippen LogP contribution in [0, 0.1) is 10.1 Å². The van der Waals surface area contributed by atoms with Crippen molar-refractivity contribution in [1.82, 2.24) is 10.9 Å². The van der Waals surface area contributed by atoms with Crippen LogP contribution in [0.3, 0.4) is 0 Å². The minimum absolute atomic E-state index is 0.133. The summed E-state index contributed by atoms with van der Waals surface area (Å²) in [4.78, 5) is 34.3. The van der Waals surface area contributed by atoms with Crippen molar-refractivity contribution < 1.29 is 14.5 Å². The van der Waals surface area contributed by atoms with Gasteiger partial charge in [-0.1, -0.05) is 18.2 Å². The molecule has 0 atom stereocenters. The summed E-state index contributed by atoms with van der Waals surface area (Å²) in [5, 5.41) is 10.9. The Morgan fingerprint density at radius 2 is 1.91 bits per heavy atom. The monoisotopic (exact) mass is 383 g/mol. The highest BCUT2D eigenvalue weighted by atomic mass is 79.9. The van der Waals surface area contributed by atoms with Gasteiger partial charge in [0, 0.05) is 11.6 Å². The number of halogens is 1. The van der Waals surface area contributed by atoms with E-state index in [0.717, 1.165) is 3.79 Å². The molecule has 1 heterocycles. The highest BCUT2D eigenvalue weighted by Gasteiger charge is 2.16. The van der Waals surface area contributed by atoms with E-state index in [4.69, 9.17) is 0 Å². The minimum atomic E-state index is -0.551. The van der Waals surface area contributed by atoms with E-state index in [-0.39, 0.29) is 17.7 Å². The topological polar surface area (TPSA) is 101 Å². The Bertz CT molecular complexity index is 732. The Kier molecular flexibility index (Phi) is 5.23. The number of nitrogens with zero attached hydrogens (tertiary/aromatic N) is 1. The lowest BCUT2D eigenvalue weighted by Gasteiger charge is -2.06. The van der Waals surface area contributed by atoms with Crippen LogP contribution in [-0.2, 0) is 11.2 Å². The molecule has 1 aromatic heterocycles. The lowest BCUT2D eigenvalue weighted by atomic mass is 10.1. The number of thiophene rings is 1. The number of amides is 2. The van der Waals surface area contributed by atoms with Gasteiger partial charge in [0.25, 0.3) is 11.6 Å². The maximum Gasteiger partial charge on any atom is 0.279 e. The minimum Gasteiger partial charge on any atom is -0.273 e. The van der Waals surface area contributed by atoms with Crippen LogP contribution in [0.1, 0.15) is 15.2 Å². The van der Waals surface area contributed by atoms with Gasteiger partial charge in [-0.05, 0) is 28.1 Å². The number of carbonyl (C=O) groups is 2. The van der Waals surface area contributed by atoms with E-state index in [2.05, 4.69) is 26.8 Å². The largest absolute Gasteiger partial charge is 0.279 e. The molecule has 0 saturated carbocycles. The summed E-state index contributed by atoms with van der Waals surface area (Å²) in [5.74, 6) is -0.995. The van der Waals surface area contributed by atoms with Gasteiger partial charge in [0.1, 0.15) is 0 Å². The lowest BCUT2D eigenvalue weighted by Crippen LogP contribution is -2.42. The van der Waals surface area contributed by atoms with Crippen molar-refractivity contribution in [1.29, 1.82) is 0 Å². The summed E-state index contributed by atoms with van der Waals surface area (Å²) in [5.41, 5.74) is 4.64. The smallest absolute Gasteiger partial charge is 0.273 e. The van der Waals surface area contributed by atoms with Gasteiger partial charge in [0.05, 0.1) is 20.0 Å². The second-order valence-corrected chi connectivity index (χ2v) is 6.63. The molecule has 0 aliphatic rings.